The van der Waals surface area contributed by atoms with Gasteiger partial charge in [0.15, 0.2) is 0 Å². The predicted octanol–water partition coefficient (Wildman–Crippen LogP) is 0.849. The molecule has 0 amide bonds. The van der Waals surface area contributed by atoms with Crippen LogP contribution in [0.1, 0.15) is 29.6 Å². The number of anilines is 1. The second kappa shape index (κ2) is 5.13. The van der Waals surface area contributed by atoms with Gasteiger partial charge >= 0.3 is 5.97 Å². The minimum atomic E-state index is -0.982. The first kappa shape index (κ1) is 12.3. The summed E-state index contributed by atoms with van der Waals surface area (Å²) >= 11 is 0. The molecule has 2 aliphatic rings. The molecule has 0 saturated carbocycles. The van der Waals surface area contributed by atoms with Crippen LogP contribution in [0.15, 0.2) is 12.4 Å². The molecule has 3 rings (SSSR count). The zero-order valence-electron chi connectivity index (χ0n) is 10.8. The van der Waals surface area contributed by atoms with E-state index in [9.17, 15) is 4.79 Å². The first-order chi connectivity index (χ1) is 9.24. The summed E-state index contributed by atoms with van der Waals surface area (Å²) in [5.74, 6) is -0.330. The molecule has 1 aromatic rings. The summed E-state index contributed by atoms with van der Waals surface area (Å²) in [7, 11) is 0. The maximum absolute atomic E-state index is 10.8. The quantitative estimate of drug-likeness (QED) is 0.852. The fourth-order valence-electron chi connectivity index (χ4n) is 2.98. The molecule has 0 aromatic carbocycles. The summed E-state index contributed by atoms with van der Waals surface area (Å²) in [6.45, 7) is 4.25. The number of rotatable bonds is 2. The highest BCUT2D eigenvalue weighted by Gasteiger charge is 2.29. The summed E-state index contributed by atoms with van der Waals surface area (Å²) in [4.78, 5) is 23.9. The molecule has 1 N–H and O–H groups in total. The number of aromatic nitrogens is 2. The van der Waals surface area contributed by atoms with Crippen LogP contribution >= 0.6 is 0 Å². The number of hydrogen-bond acceptors (Lipinski definition) is 5. The van der Waals surface area contributed by atoms with E-state index in [1.165, 1.54) is 31.8 Å². The average Bonchev–Trinajstić information content (AvgIpc) is 2.76. The topological polar surface area (TPSA) is 69.6 Å². The van der Waals surface area contributed by atoms with Crippen molar-refractivity contribution in [2.45, 2.75) is 25.3 Å². The lowest BCUT2D eigenvalue weighted by Crippen LogP contribution is -2.37. The largest absolute Gasteiger partial charge is 0.478 e. The molecule has 1 atom stereocenters. The fourth-order valence-corrected chi connectivity index (χ4v) is 2.98. The van der Waals surface area contributed by atoms with E-state index in [1.807, 2.05) is 0 Å². The molecule has 1 unspecified atom stereocenters. The van der Waals surface area contributed by atoms with Crippen molar-refractivity contribution in [1.82, 2.24) is 14.9 Å². The third kappa shape index (κ3) is 2.53. The SMILES string of the molecule is O=C(O)c1cnc(N2CCCN3CCCC3C2)nc1. The first-order valence-electron chi connectivity index (χ1n) is 6.78. The minimum Gasteiger partial charge on any atom is -0.478 e. The Hall–Kier alpha value is -1.69. The van der Waals surface area contributed by atoms with Crippen LogP contribution in [0.4, 0.5) is 5.95 Å². The Morgan fingerprint density at radius 3 is 2.68 bits per heavy atom. The van der Waals surface area contributed by atoms with Crippen molar-refractivity contribution < 1.29 is 9.90 Å². The van der Waals surface area contributed by atoms with Crippen LogP contribution in [-0.2, 0) is 0 Å². The highest BCUT2D eigenvalue weighted by molar-refractivity contribution is 5.86. The second-order valence-electron chi connectivity index (χ2n) is 5.21. The molecule has 6 heteroatoms. The summed E-state index contributed by atoms with van der Waals surface area (Å²) in [6.07, 6.45) is 6.41. The number of hydrogen-bond donors (Lipinski definition) is 1. The lowest BCUT2D eigenvalue weighted by molar-refractivity contribution is 0.0696. The van der Waals surface area contributed by atoms with E-state index in [-0.39, 0.29) is 5.56 Å². The molecular weight excluding hydrogens is 244 g/mol. The van der Waals surface area contributed by atoms with Crippen LogP contribution in [0.5, 0.6) is 0 Å². The first-order valence-corrected chi connectivity index (χ1v) is 6.78. The van der Waals surface area contributed by atoms with Crippen molar-refractivity contribution in [2.24, 2.45) is 0 Å². The molecule has 3 heterocycles. The standard InChI is InChI=1S/C13H18N4O2/c18-12(19)10-7-14-13(15-8-10)17-6-2-5-16-4-1-3-11(16)9-17/h7-8,11H,1-6,9H2,(H,18,19). The average molecular weight is 262 g/mol. The Kier molecular flexibility index (Phi) is 3.33. The third-order valence-electron chi connectivity index (χ3n) is 3.97. The highest BCUT2D eigenvalue weighted by atomic mass is 16.4. The summed E-state index contributed by atoms with van der Waals surface area (Å²) in [6, 6.07) is 0.602. The second-order valence-corrected chi connectivity index (χ2v) is 5.21. The van der Waals surface area contributed by atoms with Crippen LogP contribution in [-0.4, -0.2) is 58.2 Å². The number of aromatic carboxylic acids is 1. The molecule has 0 spiro atoms. The van der Waals surface area contributed by atoms with Gasteiger partial charge in [0.05, 0.1) is 5.56 Å². The third-order valence-corrected chi connectivity index (χ3v) is 3.97. The summed E-state index contributed by atoms with van der Waals surface area (Å²) < 4.78 is 0. The molecule has 2 aliphatic heterocycles. The zero-order valence-corrected chi connectivity index (χ0v) is 10.8. The molecule has 0 aliphatic carbocycles. The lowest BCUT2D eigenvalue weighted by Gasteiger charge is -2.25. The fraction of sp³-hybridized carbons (Fsp3) is 0.615. The Balaban J connectivity index is 1.75. The predicted molar refractivity (Wildman–Crippen MR) is 70.4 cm³/mol. The van der Waals surface area contributed by atoms with Gasteiger partial charge in [0.2, 0.25) is 5.95 Å². The van der Waals surface area contributed by atoms with Gasteiger partial charge < -0.3 is 10.0 Å². The van der Waals surface area contributed by atoms with E-state index in [0.717, 1.165) is 26.1 Å². The van der Waals surface area contributed by atoms with Crippen molar-refractivity contribution in [1.29, 1.82) is 0 Å². The number of nitrogens with zero attached hydrogens (tertiary/aromatic N) is 4. The Labute approximate surface area is 112 Å². The number of carboxylic acids is 1. The van der Waals surface area contributed by atoms with Crippen LogP contribution < -0.4 is 4.90 Å². The van der Waals surface area contributed by atoms with Gasteiger partial charge in [-0.2, -0.15) is 0 Å². The van der Waals surface area contributed by atoms with Crippen molar-refractivity contribution in [2.75, 3.05) is 31.1 Å². The molecule has 1 aromatic heterocycles. The van der Waals surface area contributed by atoms with Gasteiger partial charge in [0, 0.05) is 38.1 Å². The number of carboxylic acid groups (broad SMARTS) is 1. The Morgan fingerprint density at radius 1 is 1.21 bits per heavy atom. The summed E-state index contributed by atoms with van der Waals surface area (Å²) in [5, 5.41) is 8.85. The minimum absolute atomic E-state index is 0.140. The van der Waals surface area contributed by atoms with Crippen LogP contribution in [0.25, 0.3) is 0 Å². The molecule has 2 saturated heterocycles. The number of fused-ring (bicyclic) bond motifs is 1. The van der Waals surface area contributed by atoms with Gasteiger partial charge in [-0.05, 0) is 25.8 Å². The Bertz CT molecular complexity index is 462. The maximum atomic E-state index is 10.8. The van der Waals surface area contributed by atoms with Gasteiger partial charge in [-0.3, -0.25) is 4.90 Å². The lowest BCUT2D eigenvalue weighted by atomic mass is 10.2. The van der Waals surface area contributed by atoms with E-state index >= 15 is 0 Å². The van der Waals surface area contributed by atoms with E-state index in [0.29, 0.717) is 12.0 Å². The van der Waals surface area contributed by atoms with Gasteiger partial charge in [-0.25, -0.2) is 14.8 Å². The van der Waals surface area contributed by atoms with Crippen molar-refractivity contribution >= 4 is 11.9 Å². The monoisotopic (exact) mass is 262 g/mol. The van der Waals surface area contributed by atoms with Gasteiger partial charge in [-0.1, -0.05) is 0 Å². The van der Waals surface area contributed by atoms with E-state index in [4.69, 9.17) is 5.11 Å². The molecule has 19 heavy (non-hydrogen) atoms. The van der Waals surface area contributed by atoms with E-state index in [2.05, 4.69) is 19.8 Å². The number of carbonyl (C=O) groups is 1. The van der Waals surface area contributed by atoms with E-state index in [1.54, 1.807) is 0 Å². The van der Waals surface area contributed by atoms with Crippen molar-refractivity contribution in [3.63, 3.8) is 0 Å². The Morgan fingerprint density at radius 2 is 1.95 bits per heavy atom. The smallest absolute Gasteiger partial charge is 0.338 e. The van der Waals surface area contributed by atoms with Crippen LogP contribution in [0.3, 0.4) is 0 Å². The molecule has 102 valence electrons. The van der Waals surface area contributed by atoms with Gasteiger partial charge in [0.1, 0.15) is 0 Å². The molecule has 6 nitrogen and oxygen atoms in total. The van der Waals surface area contributed by atoms with E-state index < -0.39 is 5.97 Å². The van der Waals surface area contributed by atoms with Crippen molar-refractivity contribution in [3.8, 4) is 0 Å². The van der Waals surface area contributed by atoms with Crippen LogP contribution in [0, 0.1) is 0 Å². The molecular formula is C13H18N4O2. The molecule has 0 bridgehead atoms. The maximum Gasteiger partial charge on any atom is 0.338 e. The van der Waals surface area contributed by atoms with Gasteiger partial charge in [0.25, 0.3) is 0 Å². The van der Waals surface area contributed by atoms with Gasteiger partial charge in [-0.15, -0.1) is 0 Å². The van der Waals surface area contributed by atoms with Crippen molar-refractivity contribution in [3.05, 3.63) is 18.0 Å². The van der Waals surface area contributed by atoms with Crippen LogP contribution in [0.2, 0.25) is 0 Å². The molecule has 2 fully saturated rings. The summed E-state index contributed by atoms with van der Waals surface area (Å²) in [5.41, 5.74) is 0.140. The zero-order chi connectivity index (χ0) is 13.2. The highest BCUT2D eigenvalue weighted by Crippen LogP contribution is 2.23. The normalized spacial score (nSPS) is 24.0. The molecule has 0 radical (unpaired) electrons.